The molecule has 1 heterocycles. The second-order valence-electron chi connectivity index (χ2n) is 4.38. The Kier molecular flexibility index (Phi) is 2.15. The van der Waals surface area contributed by atoms with Crippen molar-refractivity contribution >= 4 is 16.9 Å². The van der Waals surface area contributed by atoms with Crippen molar-refractivity contribution in [1.82, 2.24) is 4.98 Å². The average Bonchev–Trinajstić information content (AvgIpc) is 2.60. The van der Waals surface area contributed by atoms with Crippen molar-refractivity contribution in [1.29, 1.82) is 0 Å². The lowest BCUT2D eigenvalue weighted by Crippen LogP contribution is -2.28. The predicted molar refractivity (Wildman–Crippen MR) is 60.6 cm³/mol. The van der Waals surface area contributed by atoms with E-state index < -0.39 is 11.4 Å². The summed E-state index contributed by atoms with van der Waals surface area (Å²) in [5.41, 5.74) is 0.483. The Morgan fingerprint density at radius 1 is 1.31 bits per heavy atom. The zero-order valence-electron chi connectivity index (χ0n) is 9.11. The van der Waals surface area contributed by atoms with Gasteiger partial charge >= 0.3 is 5.97 Å². The summed E-state index contributed by atoms with van der Waals surface area (Å²) in [6, 6.07) is 6.65. The molecule has 0 aliphatic carbocycles. The minimum atomic E-state index is -0.964. The first-order valence-electron chi connectivity index (χ1n) is 4.97. The van der Waals surface area contributed by atoms with Crippen molar-refractivity contribution in [3.05, 3.63) is 30.0 Å². The molecule has 4 heteroatoms. The first-order chi connectivity index (χ1) is 7.41. The van der Waals surface area contributed by atoms with Crippen LogP contribution in [0.5, 0.6) is 5.75 Å². The molecule has 2 aromatic rings. The molecule has 3 N–H and O–H groups in total. The number of hydrogen-bond acceptors (Lipinski definition) is 2. The molecule has 1 aromatic carbocycles. The van der Waals surface area contributed by atoms with Crippen LogP contribution >= 0.6 is 0 Å². The highest BCUT2D eigenvalue weighted by Gasteiger charge is 2.31. The molecule has 84 valence electrons. The Morgan fingerprint density at radius 3 is 2.62 bits per heavy atom. The third-order valence-electron chi connectivity index (χ3n) is 2.81. The molecule has 0 saturated carbocycles. The number of rotatable bonds is 2. The number of aromatic hydroxyl groups is 1. The molecular formula is C12H13NO3. The maximum Gasteiger partial charge on any atom is 0.315 e. The number of carboxylic acids is 1. The van der Waals surface area contributed by atoms with Gasteiger partial charge in [0.1, 0.15) is 11.2 Å². The van der Waals surface area contributed by atoms with Gasteiger partial charge in [0.05, 0.1) is 0 Å². The lowest BCUT2D eigenvalue weighted by Gasteiger charge is -2.16. The van der Waals surface area contributed by atoms with Gasteiger partial charge in [-0.05, 0) is 38.1 Å². The molecule has 0 bridgehead atoms. The maximum absolute atomic E-state index is 11.1. The van der Waals surface area contributed by atoms with E-state index in [4.69, 9.17) is 5.11 Å². The van der Waals surface area contributed by atoms with Gasteiger partial charge in [0.2, 0.25) is 0 Å². The van der Waals surface area contributed by atoms with Crippen LogP contribution in [0.1, 0.15) is 19.5 Å². The fourth-order valence-corrected chi connectivity index (χ4v) is 1.57. The Bertz CT molecular complexity index is 554. The van der Waals surface area contributed by atoms with E-state index in [2.05, 4.69) is 4.98 Å². The molecule has 0 fully saturated rings. The molecule has 0 amide bonds. The van der Waals surface area contributed by atoms with Gasteiger partial charge in [0.25, 0.3) is 0 Å². The number of phenolic OH excluding ortho intramolecular Hbond substituents is 1. The zero-order chi connectivity index (χ0) is 11.9. The topological polar surface area (TPSA) is 73.3 Å². The number of carboxylic acid groups (broad SMARTS) is 1. The molecule has 0 spiro atoms. The summed E-state index contributed by atoms with van der Waals surface area (Å²) in [5, 5.41) is 19.2. The standard InChI is InChI=1S/C12H13NO3/c1-12(2,11(15)16)10-6-7-5-8(14)3-4-9(7)13-10/h3-6,13-14H,1-2H3,(H,15,16). The highest BCUT2D eigenvalue weighted by molar-refractivity contribution is 5.86. The van der Waals surface area contributed by atoms with Gasteiger partial charge in [-0.2, -0.15) is 0 Å². The molecule has 2 rings (SSSR count). The molecule has 1 aromatic heterocycles. The lowest BCUT2D eigenvalue weighted by atomic mass is 9.90. The SMILES string of the molecule is CC(C)(C(=O)O)c1cc2cc(O)ccc2[nH]1. The monoisotopic (exact) mass is 219 g/mol. The Labute approximate surface area is 92.5 Å². The molecule has 0 aliphatic rings. The number of carbonyl (C=O) groups is 1. The number of H-pyrrole nitrogens is 1. The van der Waals surface area contributed by atoms with E-state index in [0.29, 0.717) is 5.69 Å². The predicted octanol–water partition coefficient (Wildman–Crippen LogP) is 2.24. The Morgan fingerprint density at radius 2 is 2.00 bits per heavy atom. The molecular weight excluding hydrogens is 206 g/mol. The summed E-state index contributed by atoms with van der Waals surface area (Å²) < 4.78 is 0. The summed E-state index contributed by atoms with van der Waals surface area (Å²) in [4.78, 5) is 14.1. The van der Waals surface area contributed by atoms with E-state index in [1.807, 2.05) is 0 Å². The molecule has 0 atom stereocenters. The van der Waals surface area contributed by atoms with E-state index >= 15 is 0 Å². The van der Waals surface area contributed by atoms with Gasteiger partial charge in [-0.15, -0.1) is 0 Å². The summed E-state index contributed by atoms with van der Waals surface area (Å²) in [6.45, 7) is 3.28. The minimum absolute atomic E-state index is 0.172. The van der Waals surface area contributed by atoms with Crippen LogP contribution in [0.3, 0.4) is 0 Å². The number of aromatic amines is 1. The van der Waals surface area contributed by atoms with Crippen molar-refractivity contribution in [2.45, 2.75) is 19.3 Å². The highest BCUT2D eigenvalue weighted by atomic mass is 16.4. The quantitative estimate of drug-likeness (QED) is 0.725. The molecule has 0 aliphatic heterocycles. The van der Waals surface area contributed by atoms with Gasteiger partial charge in [0, 0.05) is 16.6 Å². The average molecular weight is 219 g/mol. The first-order valence-corrected chi connectivity index (χ1v) is 4.97. The smallest absolute Gasteiger partial charge is 0.315 e. The highest BCUT2D eigenvalue weighted by Crippen LogP contribution is 2.28. The van der Waals surface area contributed by atoms with Crippen LogP contribution in [0.4, 0.5) is 0 Å². The summed E-state index contributed by atoms with van der Waals surface area (Å²) in [7, 11) is 0. The molecule has 0 saturated heterocycles. The Balaban J connectivity index is 2.59. The zero-order valence-corrected chi connectivity index (χ0v) is 9.11. The number of aliphatic carboxylic acids is 1. The van der Waals surface area contributed by atoms with Crippen LogP contribution in [-0.4, -0.2) is 21.2 Å². The number of benzene rings is 1. The summed E-state index contributed by atoms with van der Waals surface area (Å²) >= 11 is 0. The van der Waals surface area contributed by atoms with Crippen molar-refractivity contribution in [3.63, 3.8) is 0 Å². The van der Waals surface area contributed by atoms with E-state index in [9.17, 15) is 9.90 Å². The maximum atomic E-state index is 11.1. The van der Waals surface area contributed by atoms with Crippen molar-refractivity contribution in [3.8, 4) is 5.75 Å². The van der Waals surface area contributed by atoms with Crippen molar-refractivity contribution in [2.75, 3.05) is 0 Å². The fraction of sp³-hybridized carbons (Fsp3) is 0.250. The summed E-state index contributed by atoms with van der Waals surface area (Å²) in [5.74, 6) is -0.713. The lowest BCUT2D eigenvalue weighted by molar-refractivity contribution is -0.142. The number of phenols is 1. The van der Waals surface area contributed by atoms with Crippen LogP contribution in [0, 0.1) is 0 Å². The second-order valence-corrected chi connectivity index (χ2v) is 4.38. The third-order valence-corrected chi connectivity index (χ3v) is 2.81. The van der Waals surface area contributed by atoms with E-state index in [1.54, 1.807) is 38.1 Å². The fourth-order valence-electron chi connectivity index (χ4n) is 1.57. The van der Waals surface area contributed by atoms with Crippen LogP contribution in [-0.2, 0) is 10.2 Å². The number of aromatic nitrogens is 1. The van der Waals surface area contributed by atoms with Gasteiger partial charge in [-0.25, -0.2) is 0 Å². The summed E-state index contributed by atoms with van der Waals surface area (Å²) in [6.07, 6.45) is 0. The first kappa shape index (κ1) is 10.5. The van der Waals surface area contributed by atoms with Gasteiger partial charge in [-0.1, -0.05) is 0 Å². The van der Waals surface area contributed by atoms with Crippen LogP contribution < -0.4 is 0 Å². The molecule has 16 heavy (non-hydrogen) atoms. The van der Waals surface area contributed by atoms with Crippen molar-refractivity contribution in [2.24, 2.45) is 0 Å². The molecule has 0 radical (unpaired) electrons. The molecule has 0 unspecified atom stereocenters. The minimum Gasteiger partial charge on any atom is -0.508 e. The van der Waals surface area contributed by atoms with E-state index in [-0.39, 0.29) is 5.75 Å². The van der Waals surface area contributed by atoms with Gasteiger partial charge in [0.15, 0.2) is 0 Å². The van der Waals surface area contributed by atoms with Gasteiger partial charge in [-0.3, -0.25) is 4.79 Å². The number of nitrogens with one attached hydrogen (secondary N) is 1. The van der Waals surface area contributed by atoms with Crippen LogP contribution in [0.15, 0.2) is 24.3 Å². The normalized spacial score (nSPS) is 11.9. The number of fused-ring (bicyclic) bond motifs is 1. The Hall–Kier alpha value is -1.97. The van der Waals surface area contributed by atoms with Crippen molar-refractivity contribution < 1.29 is 15.0 Å². The van der Waals surface area contributed by atoms with Crippen LogP contribution in [0.25, 0.3) is 10.9 Å². The van der Waals surface area contributed by atoms with E-state index in [1.165, 1.54) is 0 Å². The van der Waals surface area contributed by atoms with Gasteiger partial charge < -0.3 is 15.2 Å². The van der Waals surface area contributed by atoms with E-state index in [0.717, 1.165) is 10.9 Å². The molecule has 4 nitrogen and oxygen atoms in total. The second kappa shape index (κ2) is 3.27. The number of hydrogen-bond donors (Lipinski definition) is 3. The van der Waals surface area contributed by atoms with Crippen LogP contribution in [0.2, 0.25) is 0 Å². The largest absolute Gasteiger partial charge is 0.508 e. The third kappa shape index (κ3) is 1.52.